The standard InChI is InChI=1S/C13H20N4O4S/c1-21-7-6-16-4-2-13(12(16)18)3-5-17(10-13)22(19,20)11-8-14-15-9-11/h8-9H,2-7,10H2,1H3,(H,14,15). The maximum Gasteiger partial charge on any atom is 0.246 e. The zero-order valence-electron chi connectivity index (χ0n) is 12.5. The Morgan fingerprint density at radius 2 is 2.18 bits per heavy atom. The molecule has 3 rings (SSSR count). The summed E-state index contributed by atoms with van der Waals surface area (Å²) in [6.45, 7) is 2.35. The van der Waals surface area contributed by atoms with Crippen molar-refractivity contribution in [3.8, 4) is 0 Å². The van der Waals surface area contributed by atoms with Crippen LogP contribution in [0.15, 0.2) is 17.3 Å². The lowest BCUT2D eigenvalue weighted by Crippen LogP contribution is -2.39. The van der Waals surface area contributed by atoms with Gasteiger partial charge in [0.25, 0.3) is 0 Å². The summed E-state index contributed by atoms with van der Waals surface area (Å²) in [6.07, 6.45) is 3.93. The van der Waals surface area contributed by atoms with Gasteiger partial charge in [-0.05, 0) is 12.8 Å². The molecule has 3 heterocycles. The van der Waals surface area contributed by atoms with Crippen LogP contribution in [0.2, 0.25) is 0 Å². The first-order chi connectivity index (χ1) is 10.5. The van der Waals surface area contributed by atoms with E-state index in [1.165, 1.54) is 16.7 Å². The first-order valence-corrected chi connectivity index (χ1v) is 8.71. The van der Waals surface area contributed by atoms with Crippen LogP contribution in [0.25, 0.3) is 0 Å². The molecule has 1 aromatic rings. The second-order valence-corrected chi connectivity index (χ2v) is 7.78. The maximum atomic E-state index is 12.6. The number of carbonyl (C=O) groups is 1. The molecular formula is C13H20N4O4S. The second kappa shape index (κ2) is 5.64. The molecule has 0 saturated carbocycles. The van der Waals surface area contributed by atoms with Crippen molar-refractivity contribution in [2.45, 2.75) is 17.7 Å². The molecule has 22 heavy (non-hydrogen) atoms. The number of rotatable bonds is 5. The normalized spacial score (nSPS) is 26.4. The molecule has 0 aromatic carbocycles. The number of amides is 1. The van der Waals surface area contributed by atoms with Crippen molar-refractivity contribution in [1.82, 2.24) is 19.4 Å². The summed E-state index contributed by atoms with van der Waals surface area (Å²) >= 11 is 0. The first-order valence-electron chi connectivity index (χ1n) is 7.27. The summed E-state index contributed by atoms with van der Waals surface area (Å²) < 4.78 is 31.4. The van der Waals surface area contributed by atoms with Crippen LogP contribution in [0.5, 0.6) is 0 Å². The van der Waals surface area contributed by atoms with E-state index in [0.717, 1.165) is 0 Å². The molecule has 9 heteroatoms. The van der Waals surface area contributed by atoms with Gasteiger partial charge in [-0.3, -0.25) is 9.89 Å². The molecule has 0 bridgehead atoms. The zero-order valence-corrected chi connectivity index (χ0v) is 13.3. The number of aromatic amines is 1. The highest BCUT2D eigenvalue weighted by molar-refractivity contribution is 7.89. The smallest absolute Gasteiger partial charge is 0.246 e. The molecule has 0 aliphatic carbocycles. The molecule has 1 atom stereocenters. The second-order valence-electron chi connectivity index (χ2n) is 5.84. The quantitative estimate of drug-likeness (QED) is 0.798. The highest BCUT2D eigenvalue weighted by Gasteiger charge is 2.52. The Hall–Kier alpha value is -1.45. The van der Waals surface area contributed by atoms with Crippen LogP contribution in [0.4, 0.5) is 0 Å². The average molecular weight is 328 g/mol. The van der Waals surface area contributed by atoms with E-state index in [1.54, 1.807) is 12.0 Å². The Morgan fingerprint density at radius 3 is 2.86 bits per heavy atom. The molecule has 2 fully saturated rings. The van der Waals surface area contributed by atoms with Gasteiger partial charge in [0, 0.05) is 39.5 Å². The number of likely N-dealkylation sites (tertiary alicyclic amines) is 1. The number of aromatic nitrogens is 2. The summed E-state index contributed by atoms with van der Waals surface area (Å²) in [4.78, 5) is 14.5. The largest absolute Gasteiger partial charge is 0.383 e. The molecule has 2 aliphatic rings. The summed E-state index contributed by atoms with van der Waals surface area (Å²) in [5.41, 5.74) is -0.565. The fraction of sp³-hybridized carbons (Fsp3) is 0.692. The predicted octanol–water partition coefficient (Wildman–Crippen LogP) is -0.331. The van der Waals surface area contributed by atoms with Gasteiger partial charge in [0.15, 0.2) is 0 Å². The van der Waals surface area contributed by atoms with Gasteiger partial charge in [-0.2, -0.15) is 9.40 Å². The van der Waals surface area contributed by atoms with Crippen molar-refractivity contribution in [2.24, 2.45) is 5.41 Å². The maximum absolute atomic E-state index is 12.6. The predicted molar refractivity (Wildman–Crippen MR) is 77.5 cm³/mol. The van der Waals surface area contributed by atoms with Crippen LogP contribution in [0, 0.1) is 5.41 Å². The Bertz CT molecular complexity index is 645. The molecule has 1 aromatic heterocycles. The van der Waals surface area contributed by atoms with Gasteiger partial charge in [-0.15, -0.1) is 0 Å². The Labute approximate surface area is 129 Å². The van der Waals surface area contributed by atoms with E-state index in [9.17, 15) is 13.2 Å². The van der Waals surface area contributed by atoms with E-state index in [0.29, 0.717) is 39.1 Å². The number of nitrogens with one attached hydrogen (secondary N) is 1. The topological polar surface area (TPSA) is 95.6 Å². The van der Waals surface area contributed by atoms with Crippen LogP contribution in [-0.2, 0) is 19.6 Å². The van der Waals surface area contributed by atoms with Crippen LogP contribution >= 0.6 is 0 Å². The van der Waals surface area contributed by atoms with E-state index in [4.69, 9.17) is 4.74 Å². The minimum atomic E-state index is -3.57. The van der Waals surface area contributed by atoms with Crippen molar-refractivity contribution in [2.75, 3.05) is 39.9 Å². The van der Waals surface area contributed by atoms with Crippen molar-refractivity contribution in [3.63, 3.8) is 0 Å². The Morgan fingerprint density at radius 1 is 1.41 bits per heavy atom. The van der Waals surface area contributed by atoms with Gasteiger partial charge in [-0.1, -0.05) is 0 Å². The minimum Gasteiger partial charge on any atom is -0.383 e. The lowest BCUT2D eigenvalue weighted by Gasteiger charge is -2.23. The fourth-order valence-electron chi connectivity index (χ4n) is 3.26. The molecule has 122 valence electrons. The number of ether oxygens (including phenoxy) is 1. The van der Waals surface area contributed by atoms with E-state index in [-0.39, 0.29) is 17.3 Å². The van der Waals surface area contributed by atoms with E-state index < -0.39 is 15.4 Å². The molecule has 0 radical (unpaired) electrons. The Kier molecular flexibility index (Phi) is 3.96. The van der Waals surface area contributed by atoms with E-state index >= 15 is 0 Å². The minimum absolute atomic E-state index is 0.0504. The summed E-state index contributed by atoms with van der Waals surface area (Å²) in [6, 6.07) is 0. The molecule has 1 unspecified atom stereocenters. The highest BCUT2D eigenvalue weighted by atomic mass is 32.2. The number of hydrogen-bond donors (Lipinski definition) is 1. The van der Waals surface area contributed by atoms with E-state index in [1.807, 2.05) is 0 Å². The number of carbonyl (C=O) groups excluding carboxylic acids is 1. The number of nitrogens with zero attached hydrogens (tertiary/aromatic N) is 3. The zero-order chi connectivity index (χ0) is 15.8. The third-order valence-electron chi connectivity index (χ3n) is 4.60. The van der Waals surface area contributed by atoms with Crippen molar-refractivity contribution in [1.29, 1.82) is 0 Å². The van der Waals surface area contributed by atoms with Gasteiger partial charge in [0.2, 0.25) is 15.9 Å². The average Bonchev–Trinajstić information content (AvgIpc) is 3.22. The molecule has 8 nitrogen and oxygen atoms in total. The molecule has 1 amide bonds. The van der Waals surface area contributed by atoms with Crippen molar-refractivity contribution >= 4 is 15.9 Å². The van der Waals surface area contributed by atoms with E-state index in [2.05, 4.69) is 10.2 Å². The molecule has 1 spiro atoms. The lowest BCUT2D eigenvalue weighted by atomic mass is 9.86. The molecular weight excluding hydrogens is 308 g/mol. The van der Waals surface area contributed by atoms with Crippen LogP contribution < -0.4 is 0 Å². The summed E-state index contributed by atoms with van der Waals surface area (Å²) in [5.74, 6) is 0.0504. The third-order valence-corrected chi connectivity index (χ3v) is 6.41. The fourth-order valence-corrected chi connectivity index (χ4v) is 4.69. The summed E-state index contributed by atoms with van der Waals surface area (Å²) in [7, 11) is -1.97. The van der Waals surface area contributed by atoms with Gasteiger partial charge in [0.05, 0.1) is 18.2 Å². The van der Waals surface area contributed by atoms with Gasteiger partial charge in [0.1, 0.15) is 4.90 Å². The lowest BCUT2D eigenvalue weighted by molar-refractivity contribution is -0.135. The van der Waals surface area contributed by atoms with Gasteiger partial charge < -0.3 is 9.64 Å². The first kappa shape index (κ1) is 15.4. The van der Waals surface area contributed by atoms with Crippen LogP contribution in [0.3, 0.4) is 0 Å². The van der Waals surface area contributed by atoms with Gasteiger partial charge >= 0.3 is 0 Å². The molecule has 1 N–H and O–H groups in total. The SMILES string of the molecule is COCCN1CCC2(CCN(S(=O)(=O)c3cn[nH]c3)C2)C1=O. The number of methoxy groups -OCH3 is 1. The van der Waals surface area contributed by atoms with Gasteiger partial charge in [-0.25, -0.2) is 8.42 Å². The molecule has 2 saturated heterocycles. The van der Waals surface area contributed by atoms with Crippen molar-refractivity contribution in [3.05, 3.63) is 12.4 Å². The summed E-state index contributed by atoms with van der Waals surface area (Å²) in [5, 5.41) is 6.20. The molecule has 2 aliphatic heterocycles. The van der Waals surface area contributed by atoms with Crippen molar-refractivity contribution < 1.29 is 17.9 Å². The monoisotopic (exact) mass is 328 g/mol. The highest BCUT2D eigenvalue weighted by Crippen LogP contribution is 2.42. The van der Waals surface area contributed by atoms with Crippen LogP contribution in [-0.4, -0.2) is 73.6 Å². The number of H-pyrrole nitrogens is 1. The number of hydrogen-bond acceptors (Lipinski definition) is 5. The number of sulfonamides is 1. The van der Waals surface area contributed by atoms with Crippen LogP contribution in [0.1, 0.15) is 12.8 Å². The third kappa shape index (κ3) is 2.42. The Balaban J connectivity index is 1.74.